The van der Waals surface area contributed by atoms with Crippen molar-refractivity contribution < 1.29 is 18.0 Å². The van der Waals surface area contributed by atoms with Crippen LogP contribution >= 0.6 is 0 Å². The lowest BCUT2D eigenvalue weighted by atomic mass is 9.98. The molecule has 2 amide bonds. The minimum Gasteiger partial charge on any atom is -0.327 e. The Bertz CT molecular complexity index is 679. The van der Waals surface area contributed by atoms with E-state index in [1.54, 1.807) is 0 Å². The Hall–Kier alpha value is -2.50. The van der Waals surface area contributed by atoms with Gasteiger partial charge in [0, 0.05) is 6.54 Å². The van der Waals surface area contributed by atoms with Crippen LogP contribution in [0.4, 0.5) is 18.0 Å². The number of carbonyl (C=O) groups is 1. The zero-order valence-corrected chi connectivity index (χ0v) is 14.2. The van der Waals surface area contributed by atoms with Crippen LogP contribution in [0, 0.1) is 0 Å². The molecule has 1 aliphatic rings. The Morgan fingerprint density at radius 3 is 2.00 bits per heavy atom. The van der Waals surface area contributed by atoms with E-state index in [1.165, 1.54) is 0 Å². The van der Waals surface area contributed by atoms with Gasteiger partial charge in [0.25, 0.3) is 0 Å². The number of nitrogens with zero attached hydrogens (tertiary/aromatic N) is 1. The van der Waals surface area contributed by atoms with E-state index in [9.17, 15) is 18.0 Å². The number of likely N-dealkylation sites (tertiary alicyclic amines) is 1. The van der Waals surface area contributed by atoms with E-state index in [4.69, 9.17) is 0 Å². The summed E-state index contributed by atoms with van der Waals surface area (Å²) in [4.78, 5) is 13.7. The van der Waals surface area contributed by atoms with Crippen LogP contribution in [0.25, 0.3) is 0 Å². The first kappa shape index (κ1) is 18.3. The number of amides is 2. The molecule has 1 unspecified atom stereocenters. The van der Waals surface area contributed by atoms with Crippen LogP contribution in [0.1, 0.15) is 36.4 Å². The van der Waals surface area contributed by atoms with Gasteiger partial charge in [0.2, 0.25) is 0 Å². The molecule has 0 aromatic heterocycles. The third-order valence-electron chi connectivity index (χ3n) is 4.68. The molecule has 6 heteroatoms. The van der Waals surface area contributed by atoms with Crippen LogP contribution in [-0.4, -0.2) is 29.7 Å². The summed E-state index contributed by atoms with van der Waals surface area (Å²) in [5.74, 6) is 0. The second-order valence-electron chi connectivity index (χ2n) is 6.45. The molecule has 138 valence electrons. The van der Waals surface area contributed by atoms with E-state index in [-0.39, 0.29) is 13.0 Å². The van der Waals surface area contributed by atoms with Gasteiger partial charge in [-0.25, -0.2) is 4.79 Å². The lowest BCUT2D eigenvalue weighted by Gasteiger charge is -2.37. The average molecular weight is 362 g/mol. The van der Waals surface area contributed by atoms with Crippen molar-refractivity contribution in [1.82, 2.24) is 10.2 Å². The van der Waals surface area contributed by atoms with Gasteiger partial charge in [-0.15, -0.1) is 0 Å². The van der Waals surface area contributed by atoms with Crippen molar-refractivity contribution in [1.29, 1.82) is 0 Å². The molecule has 26 heavy (non-hydrogen) atoms. The SMILES string of the molecule is O=C(NC(c1ccccc1)c1ccccc1)N1CCCCC1C(F)(F)F. The second-order valence-corrected chi connectivity index (χ2v) is 6.45. The molecule has 1 aliphatic heterocycles. The van der Waals surface area contributed by atoms with Crippen molar-refractivity contribution in [2.24, 2.45) is 0 Å². The number of carbonyl (C=O) groups excluding carboxylic acids is 1. The number of alkyl halides is 3. The van der Waals surface area contributed by atoms with Crippen molar-refractivity contribution in [3.63, 3.8) is 0 Å². The molecule has 0 saturated carbocycles. The van der Waals surface area contributed by atoms with E-state index in [0.717, 1.165) is 16.0 Å². The zero-order valence-electron chi connectivity index (χ0n) is 14.2. The number of nitrogens with one attached hydrogen (secondary N) is 1. The summed E-state index contributed by atoms with van der Waals surface area (Å²) in [7, 11) is 0. The first-order chi connectivity index (χ1) is 12.5. The maximum absolute atomic E-state index is 13.3. The van der Waals surface area contributed by atoms with Crippen molar-refractivity contribution in [3.8, 4) is 0 Å². The summed E-state index contributed by atoms with van der Waals surface area (Å²) in [5, 5.41) is 2.81. The van der Waals surface area contributed by atoms with Crippen LogP contribution in [-0.2, 0) is 0 Å². The van der Waals surface area contributed by atoms with Crippen molar-refractivity contribution >= 4 is 6.03 Å². The highest BCUT2D eigenvalue weighted by Gasteiger charge is 2.46. The summed E-state index contributed by atoms with van der Waals surface area (Å²) >= 11 is 0. The molecule has 1 N–H and O–H groups in total. The molecular formula is C20H21F3N2O. The van der Waals surface area contributed by atoms with Gasteiger partial charge in [0.1, 0.15) is 6.04 Å². The number of halogens is 3. The van der Waals surface area contributed by atoms with Gasteiger partial charge in [-0.1, -0.05) is 60.7 Å². The minimum atomic E-state index is -4.41. The highest BCUT2D eigenvalue weighted by Crippen LogP contribution is 2.32. The molecule has 2 aromatic rings. The van der Waals surface area contributed by atoms with Crippen molar-refractivity contribution in [2.45, 2.75) is 37.5 Å². The molecule has 0 bridgehead atoms. The maximum Gasteiger partial charge on any atom is 0.408 e. The standard InChI is InChI=1S/C20H21F3N2O/c21-20(22,23)17-13-7-8-14-25(17)19(26)24-18(15-9-3-1-4-10-15)16-11-5-2-6-12-16/h1-6,9-12,17-18H,7-8,13-14H2,(H,24,26). The van der Waals surface area contributed by atoms with Gasteiger partial charge in [0.05, 0.1) is 6.04 Å². The largest absolute Gasteiger partial charge is 0.408 e. The lowest BCUT2D eigenvalue weighted by molar-refractivity contribution is -0.182. The molecule has 1 saturated heterocycles. The van der Waals surface area contributed by atoms with E-state index in [2.05, 4.69) is 5.32 Å². The molecular weight excluding hydrogens is 341 g/mol. The van der Waals surface area contributed by atoms with Gasteiger partial charge in [-0.3, -0.25) is 0 Å². The van der Waals surface area contributed by atoms with Gasteiger partial charge >= 0.3 is 12.2 Å². The van der Waals surface area contributed by atoms with Crippen molar-refractivity contribution in [2.75, 3.05) is 6.54 Å². The molecule has 1 atom stereocenters. The number of piperidine rings is 1. The summed E-state index contributed by atoms with van der Waals surface area (Å²) in [6.45, 7) is 0.117. The molecule has 1 fully saturated rings. The Kier molecular flexibility index (Phi) is 5.49. The first-order valence-electron chi connectivity index (χ1n) is 8.70. The predicted octanol–water partition coefficient (Wildman–Crippen LogP) is 4.90. The lowest BCUT2D eigenvalue weighted by Crippen LogP contribution is -2.55. The van der Waals surface area contributed by atoms with Gasteiger partial charge in [0.15, 0.2) is 0 Å². The van der Waals surface area contributed by atoms with Gasteiger partial charge in [-0.2, -0.15) is 13.2 Å². The summed E-state index contributed by atoms with van der Waals surface area (Å²) < 4.78 is 39.9. The van der Waals surface area contributed by atoms with Crippen LogP contribution in [0.2, 0.25) is 0 Å². The Morgan fingerprint density at radius 1 is 0.962 bits per heavy atom. The Labute approximate surface area is 150 Å². The monoisotopic (exact) mass is 362 g/mol. The van der Waals surface area contributed by atoms with Crippen LogP contribution in [0.5, 0.6) is 0 Å². The summed E-state index contributed by atoms with van der Waals surface area (Å²) in [6.07, 6.45) is -3.39. The fourth-order valence-electron chi connectivity index (χ4n) is 3.37. The molecule has 0 aliphatic carbocycles. The number of hydrogen-bond donors (Lipinski definition) is 1. The third-order valence-corrected chi connectivity index (χ3v) is 4.68. The third kappa shape index (κ3) is 4.18. The molecule has 2 aromatic carbocycles. The van der Waals surface area contributed by atoms with Crippen molar-refractivity contribution in [3.05, 3.63) is 71.8 Å². The van der Waals surface area contributed by atoms with Gasteiger partial charge < -0.3 is 10.2 Å². The molecule has 3 nitrogen and oxygen atoms in total. The van der Waals surface area contributed by atoms with Crippen LogP contribution in [0.3, 0.4) is 0 Å². The molecule has 3 rings (SSSR count). The minimum absolute atomic E-state index is 0.0434. The molecule has 0 spiro atoms. The van der Waals surface area contributed by atoms with E-state index >= 15 is 0 Å². The number of benzene rings is 2. The average Bonchev–Trinajstić information content (AvgIpc) is 2.66. The summed E-state index contributed by atoms with van der Waals surface area (Å²) in [6, 6.07) is 15.6. The maximum atomic E-state index is 13.3. The highest BCUT2D eigenvalue weighted by atomic mass is 19.4. The normalized spacial score (nSPS) is 18.0. The van der Waals surface area contributed by atoms with E-state index in [1.807, 2.05) is 60.7 Å². The quantitative estimate of drug-likeness (QED) is 0.827. The fraction of sp³-hybridized carbons (Fsp3) is 0.350. The van der Waals surface area contributed by atoms with Crippen LogP contribution in [0.15, 0.2) is 60.7 Å². The smallest absolute Gasteiger partial charge is 0.327 e. The second kappa shape index (κ2) is 7.81. The molecule has 0 radical (unpaired) electrons. The zero-order chi connectivity index (χ0) is 18.6. The topological polar surface area (TPSA) is 32.3 Å². The molecule has 1 heterocycles. The highest BCUT2D eigenvalue weighted by molar-refractivity contribution is 5.76. The Balaban J connectivity index is 1.85. The number of rotatable bonds is 3. The Morgan fingerprint density at radius 2 is 1.50 bits per heavy atom. The van der Waals surface area contributed by atoms with E-state index < -0.39 is 24.3 Å². The summed E-state index contributed by atoms with van der Waals surface area (Å²) in [5.41, 5.74) is 1.65. The van der Waals surface area contributed by atoms with E-state index in [0.29, 0.717) is 12.8 Å². The van der Waals surface area contributed by atoms with Gasteiger partial charge in [-0.05, 0) is 30.4 Å². The predicted molar refractivity (Wildman–Crippen MR) is 93.7 cm³/mol. The first-order valence-corrected chi connectivity index (χ1v) is 8.70. The van der Waals surface area contributed by atoms with Crippen LogP contribution < -0.4 is 5.32 Å². The number of urea groups is 1. The fourth-order valence-corrected chi connectivity index (χ4v) is 3.37. The number of hydrogen-bond acceptors (Lipinski definition) is 1.